The van der Waals surface area contributed by atoms with Gasteiger partial charge in [-0.15, -0.1) is 0 Å². The monoisotopic (exact) mass is 310 g/mol. The molecule has 2 aromatic rings. The van der Waals surface area contributed by atoms with Gasteiger partial charge in [0.05, 0.1) is 0 Å². The first kappa shape index (κ1) is 15.2. The largest absolute Gasteiger partial charge is 0.461 e. The van der Waals surface area contributed by atoms with Gasteiger partial charge in [-0.2, -0.15) is 18.1 Å². The van der Waals surface area contributed by atoms with Crippen molar-refractivity contribution in [3.05, 3.63) is 48.2 Å². The topological polar surface area (TPSA) is 113 Å². The lowest BCUT2D eigenvalue weighted by Gasteiger charge is -2.07. The minimum Gasteiger partial charge on any atom is -0.461 e. The second kappa shape index (κ2) is 6.97. The molecule has 0 radical (unpaired) electrons. The van der Waals surface area contributed by atoms with E-state index in [1.165, 1.54) is 12.3 Å². The second-order valence-corrected chi connectivity index (χ2v) is 5.20. The van der Waals surface area contributed by atoms with Crippen LogP contribution < -0.4 is 14.8 Å². The maximum atomic E-state index is 10.5. The number of rotatable bonds is 7. The third-order valence-electron chi connectivity index (χ3n) is 2.38. The molecule has 9 heteroatoms. The second-order valence-electron chi connectivity index (χ2n) is 3.97. The van der Waals surface area contributed by atoms with Crippen LogP contribution in [-0.2, 0) is 16.8 Å². The zero-order valence-corrected chi connectivity index (χ0v) is 11.7. The zero-order chi connectivity index (χ0) is 15.1. The lowest BCUT2D eigenvalue weighted by Crippen LogP contribution is -2.27. The van der Waals surface area contributed by atoms with Crippen LogP contribution in [0.5, 0.6) is 5.88 Å². The Labute approximate surface area is 122 Å². The fourth-order valence-electron chi connectivity index (χ4n) is 1.46. The Morgan fingerprint density at radius 3 is 2.67 bits per heavy atom. The third-order valence-corrected chi connectivity index (χ3v) is 2.87. The molecule has 1 heterocycles. The number of nitrogens with zero attached hydrogens (tertiary/aromatic N) is 2. The summed E-state index contributed by atoms with van der Waals surface area (Å²) < 4.78 is 36.2. The predicted octanol–water partition coefficient (Wildman–Crippen LogP) is 0.817. The lowest BCUT2D eigenvalue weighted by atomic mass is 10.2. The van der Waals surface area contributed by atoms with E-state index in [0.717, 1.165) is 5.56 Å². The highest BCUT2D eigenvalue weighted by atomic mass is 32.2. The molecular weight excluding hydrogens is 296 g/mol. The molecule has 0 saturated carbocycles. The Balaban J connectivity index is 1.88. The van der Waals surface area contributed by atoms with Crippen LogP contribution in [0.2, 0.25) is 0 Å². The molecule has 0 bridgehead atoms. The quantitative estimate of drug-likeness (QED) is 0.512. The van der Waals surface area contributed by atoms with Crippen molar-refractivity contribution in [3.63, 3.8) is 0 Å². The molecule has 0 unspecified atom stereocenters. The van der Waals surface area contributed by atoms with Crippen LogP contribution in [0.25, 0.3) is 0 Å². The normalized spacial score (nSPS) is 11.1. The molecule has 8 nitrogen and oxygen atoms in total. The molecule has 0 spiro atoms. The molecule has 1 aromatic carbocycles. The number of ether oxygens (including phenoxy) is 1. The fraction of sp³-hybridized carbons (Fsp3) is 0.167. The Bertz CT molecular complexity index is 679. The van der Waals surface area contributed by atoms with E-state index in [1.54, 1.807) is 4.72 Å². The maximum absolute atomic E-state index is 10.5. The van der Waals surface area contributed by atoms with Crippen molar-refractivity contribution in [1.29, 1.82) is 0 Å². The summed E-state index contributed by atoms with van der Waals surface area (Å²) >= 11 is 0. The van der Waals surface area contributed by atoms with E-state index in [-0.39, 0.29) is 5.88 Å². The first-order valence-electron chi connectivity index (χ1n) is 5.99. The number of anilines is 1. The highest BCUT2D eigenvalue weighted by molar-refractivity contribution is 7.83. The standard InChI is InChI=1S/C12H14N4O4S/c17-21(18,19)15-9-20-11-6-7-13-12(16-11)14-8-10-4-2-1-3-5-10/h1-7,15H,8-9H2,(H,13,14,16)(H,17,18,19). The van der Waals surface area contributed by atoms with Crippen molar-refractivity contribution in [2.45, 2.75) is 6.54 Å². The first-order chi connectivity index (χ1) is 10.0. The van der Waals surface area contributed by atoms with E-state index >= 15 is 0 Å². The Morgan fingerprint density at radius 2 is 1.95 bits per heavy atom. The third kappa shape index (κ3) is 5.73. The van der Waals surface area contributed by atoms with Gasteiger partial charge in [-0.1, -0.05) is 30.3 Å². The lowest BCUT2D eigenvalue weighted by molar-refractivity contribution is 0.292. The maximum Gasteiger partial charge on any atom is 0.336 e. The highest BCUT2D eigenvalue weighted by Crippen LogP contribution is 2.09. The Kier molecular flexibility index (Phi) is 5.04. The molecule has 3 N–H and O–H groups in total. The van der Waals surface area contributed by atoms with Crippen molar-refractivity contribution < 1.29 is 17.7 Å². The summed E-state index contributed by atoms with van der Waals surface area (Å²) in [5, 5.41) is 3.02. The zero-order valence-electron chi connectivity index (χ0n) is 10.9. The van der Waals surface area contributed by atoms with E-state index in [0.29, 0.717) is 12.5 Å². The highest BCUT2D eigenvalue weighted by Gasteiger charge is 2.04. The summed E-state index contributed by atoms with van der Waals surface area (Å²) in [5.74, 6) is 0.528. The average Bonchev–Trinajstić information content (AvgIpc) is 2.45. The van der Waals surface area contributed by atoms with Gasteiger partial charge in [-0.3, -0.25) is 4.55 Å². The molecule has 21 heavy (non-hydrogen) atoms. The summed E-state index contributed by atoms with van der Waals surface area (Å²) in [6, 6.07) is 11.2. The number of nitrogens with one attached hydrogen (secondary N) is 2. The van der Waals surface area contributed by atoms with E-state index in [2.05, 4.69) is 15.3 Å². The predicted molar refractivity (Wildman–Crippen MR) is 76.0 cm³/mol. The summed E-state index contributed by atoms with van der Waals surface area (Å²) in [4.78, 5) is 8.07. The van der Waals surface area contributed by atoms with Crippen LogP contribution >= 0.6 is 0 Å². The summed E-state index contributed by atoms with van der Waals surface area (Å²) in [7, 11) is -4.28. The Morgan fingerprint density at radius 1 is 1.19 bits per heavy atom. The van der Waals surface area contributed by atoms with Crippen molar-refractivity contribution in [3.8, 4) is 5.88 Å². The van der Waals surface area contributed by atoms with E-state index in [9.17, 15) is 8.42 Å². The van der Waals surface area contributed by atoms with Gasteiger partial charge in [0.15, 0.2) is 6.73 Å². The minimum atomic E-state index is -4.28. The molecule has 1 aromatic heterocycles. The van der Waals surface area contributed by atoms with Crippen LogP contribution in [0.4, 0.5) is 5.95 Å². The average molecular weight is 310 g/mol. The van der Waals surface area contributed by atoms with E-state index < -0.39 is 17.0 Å². The van der Waals surface area contributed by atoms with Gasteiger partial charge in [0.1, 0.15) is 0 Å². The molecule has 0 saturated heterocycles. The summed E-state index contributed by atoms with van der Waals surface area (Å²) in [6.07, 6.45) is 1.48. The molecule has 0 atom stereocenters. The molecule has 0 aliphatic rings. The van der Waals surface area contributed by atoms with Gasteiger partial charge in [0, 0.05) is 18.8 Å². The summed E-state index contributed by atoms with van der Waals surface area (Å²) in [6.45, 7) is 0.127. The molecule has 2 rings (SSSR count). The van der Waals surface area contributed by atoms with Crippen LogP contribution in [0.15, 0.2) is 42.6 Å². The molecule has 0 amide bonds. The molecule has 0 aliphatic heterocycles. The van der Waals surface area contributed by atoms with Gasteiger partial charge >= 0.3 is 10.3 Å². The molecule has 112 valence electrons. The van der Waals surface area contributed by atoms with Crippen LogP contribution in [0, 0.1) is 0 Å². The fourth-order valence-corrected chi connectivity index (χ4v) is 1.67. The number of hydrogen-bond acceptors (Lipinski definition) is 6. The number of hydrogen-bond donors (Lipinski definition) is 3. The summed E-state index contributed by atoms with van der Waals surface area (Å²) in [5.41, 5.74) is 1.07. The molecule has 0 aliphatic carbocycles. The van der Waals surface area contributed by atoms with Crippen molar-refractivity contribution in [1.82, 2.24) is 14.7 Å². The number of aromatic nitrogens is 2. The van der Waals surface area contributed by atoms with E-state index in [4.69, 9.17) is 9.29 Å². The van der Waals surface area contributed by atoms with Gasteiger partial charge in [0.25, 0.3) is 0 Å². The van der Waals surface area contributed by atoms with Gasteiger partial charge in [0.2, 0.25) is 11.8 Å². The van der Waals surface area contributed by atoms with Crippen molar-refractivity contribution >= 4 is 16.3 Å². The van der Waals surface area contributed by atoms with Crippen LogP contribution in [-0.4, -0.2) is 29.7 Å². The van der Waals surface area contributed by atoms with Crippen molar-refractivity contribution in [2.75, 3.05) is 12.0 Å². The Hall–Kier alpha value is -2.23. The van der Waals surface area contributed by atoms with Crippen molar-refractivity contribution in [2.24, 2.45) is 0 Å². The number of benzene rings is 1. The van der Waals surface area contributed by atoms with Gasteiger partial charge in [-0.25, -0.2) is 4.98 Å². The SMILES string of the molecule is O=S(=O)(O)NCOc1ccnc(NCc2ccccc2)n1. The van der Waals surface area contributed by atoms with Gasteiger partial charge in [-0.05, 0) is 5.56 Å². The van der Waals surface area contributed by atoms with Crippen LogP contribution in [0.3, 0.4) is 0 Å². The molecule has 0 fully saturated rings. The molecular formula is C12H14N4O4S. The van der Waals surface area contributed by atoms with Gasteiger partial charge < -0.3 is 10.1 Å². The first-order valence-corrected chi connectivity index (χ1v) is 7.43. The van der Waals surface area contributed by atoms with Crippen LogP contribution in [0.1, 0.15) is 5.56 Å². The smallest absolute Gasteiger partial charge is 0.336 e. The minimum absolute atomic E-state index is 0.178. The van der Waals surface area contributed by atoms with E-state index in [1.807, 2.05) is 30.3 Å².